The Morgan fingerprint density at radius 2 is 2.21 bits per heavy atom. The first kappa shape index (κ1) is 13.0. The number of carboxylic acids is 1. The highest BCUT2D eigenvalue weighted by Crippen LogP contribution is 2.28. The molecule has 0 bridgehead atoms. The Morgan fingerprint density at radius 3 is 2.74 bits per heavy atom. The molecule has 0 aliphatic carbocycles. The third kappa shape index (κ3) is 2.38. The van der Waals surface area contributed by atoms with E-state index < -0.39 is 22.4 Å². The van der Waals surface area contributed by atoms with Gasteiger partial charge in [0.2, 0.25) is 0 Å². The van der Waals surface area contributed by atoms with E-state index >= 15 is 0 Å². The minimum Gasteiger partial charge on any atom is -0.476 e. The van der Waals surface area contributed by atoms with Gasteiger partial charge in [-0.1, -0.05) is 11.6 Å². The lowest BCUT2D eigenvalue weighted by Gasteiger charge is -2.04. The SMILES string of the molecule is O=C(O)c1ccn(-c2cc(Cl)c(F)cc2[N+](=O)[O-])n1. The molecule has 19 heavy (non-hydrogen) atoms. The molecule has 0 spiro atoms. The summed E-state index contributed by atoms with van der Waals surface area (Å²) in [7, 11) is 0. The van der Waals surface area contributed by atoms with Crippen LogP contribution in [-0.2, 0) is 0 Å². The summed E-state index contributed by atoms with van der Waals surface area (Å²) in [6, 6.07) is 2.82. The highest BCUT2D eigenvalue weighted by molar-refractivity contribution is 6.31. The van der Waals surface area contributed by atoms with Crippen molar-refractivity contribution in [2.45, 2.75) is 0 Å². The zero-order chi connectivity index (χ0) is 14.2. The highest BCUT2D eigenvalue weighted by Gasteiger charge is 2.20. The maximum Gasteiger partial charge on any atom is 0.356 e. The van der Waals surface area contributed by atoms with E-state index in [1.54, 1.807) is 0 Å². The third-order valence-electron chi connectivity index (χ3n) is 2.27. The van der Waals surface area contributed by atoms with Crippen LogP contribution in [0.4, 0.5) is 10.1 Å². The monoisotopic (exact) mass is 285 g/mol. The predicted molar refractivity (Wildman–Crippen MR) is 62.1 cm³/mol. The zero-order valence-electron chi connectivity index (χ0n) is 9.08. The van der Waals surface area contributed by atoms with Crippen molar-refractivity contribution in [1.29, 1.82) is 0 Å². The summed E-state index contributed by atoms with van der Waals surface area (Å²) in [5.41, 5.74) is -0.986. The van der Waals surface area contributed by atoms with Crippen LogP contribution in [0.25, 0.3) is 5.69 Å². The minimum absolute atomic E-state index is 0.121. The molecule has 0 fully saturated rings. The normalized spacial score (nSPS) is 10.4. The zero-order valence-corrected chi connectivity index (χ0v) is 9.83. The van der Waals surface area contributed by atoms with Gasteiger partial charge in [-0.15, -0.1) is 0 Å². The molecular weight excluding hydrogens is 281 g/mol. The van der Waals surface area contributed by atoms with E-state index in [4.69, 9.17) is 16.7 Å². The van der Waals surface area contributed by atoms with Gasteiger partial charge >= 0.3 is 5.97 Å². The molecule has 0 unspecified atom stereocenters. The van der Waals surface area contributed by atoms with Crippen LogP contribution >= 0.6 is 11.6 Å². The average molecular weight is 286 g/mol. The van der Waals surface area contributed by atoms with E-state index in [9.17, 15) is 19.3 Å². The third-order valence-corrected chi connectivity index (χ3v) is 2.56. The van der Waals surface area contributed by atoms with Crippen molar-refractivity contribution in [1.82, 2.24) is 9.78 Å². The summed E-state index contributed by atoms with van der Waals surface area (Å²) in [5.74, 6) is -2.22. The van der Waals surface area contributed by atoms with Crippen LogP contribution < -0.4 is 0 Å². The first-order chi connectivity index (χ1) is 8.90. The van der Waals surface area contributed by atoms with Gasteiger partial charge in [0.15, 0.2) is 5.69 Å². The van der Waals surface area contributed by atoms with Crippen LogP contribution in [-0.4, -0.2) is 25.8 Å². The molecule has 0 saturated carbocycles. The number of carboxylic acid groups (broad SMARTS) is 1. The van der Waals surface area contributed by atoms with E-state index in [1.165, 1.54) is 6.20 Å². The molecule has 2 aromatic rings. The number of aromatic nitrogens is 2. The summed E-state index contributed by atoms with van der Waals surface area (Å²) in [5, 5.41) is 22.9. The van der Waals surface area contributed by atoms with Gasteiger partial charge in [-0.25, -0.2) is 13.9 Å². The molecule has 0 aliphatic heterocycles. The minimum atomic E-state index is -1.28. The average Bonchev–Trinajstić information content (AvgIpc) is 2.81. The molecule has 1 aromatic carbocycles. The molecule has 0 atom stereocenters. The summed E-state index contributed by atoms with van der Waals surface area (Å²) in [6.45, 7) is 0. The van der Waals surface area contributed by atoms with Crippen molar-refractivity contribution < 1.29 is 19.2 Å². The Hall–Kier alpha value is -2.48. The quantitative estimate of drug-likeness (QED) is 0.689. The number of hydrogen-bond donors (Lipinski definition) is 1. The van der Waals surface area contributed by atoms with Gasteiger partial charge in [-0.05, 0) is 12.1 Å². The van der Waals surface area contributed by atoms with Crippen LogP contribution in [0.2, 0.25) is 5.02 Å². The Morgan fingerprint density at radius 1 is 1.53 bits per heavy atom. The lowest BCUT2D eigenvalue weighted by molar-refractivity contribution is -0.384. The Labute approximate surface area is 110 Å². The topological polar surface area (TPSA) is 98.3 Å². The standard InChI is InChI=1S/C10H5ClFN3O4/c11-5-3-8(9(15(18)19)4-6(5)12)14-2-1-7(13-14)10(16)17/h1-4H,(H,16,17). The second-order valence-corrected chi connectivity index (χ2v) is 3.87. The van der Waals surface area contributed by atoms with Gasteiger partial charge in [0.05, 0.1) is 16.0 Å². The van der Waals surface area contributed by atoms with Gasteiger partial charge in [-0.3, -0.25) is 10.1 Å². The van der Waals surface area contributed by atoms with Gasteiger partial charge in [-0.2, -0.15) is 5.10 Å². The predicted octanol–water partition coefficient (Wildman–Crippen LogP) is 2.27. The molecule has 98 valence electrons. The number of aromatic carboxylic acids is 1. The fraction of sp³-hybridized carbons (Fsp3) is 0. The van der Waals surface area contributed by atoms with Gasteiger partial charge in [0, 0.05) is 6.20 Å². The van der Waals surface area contributed by atoms with Crippen LogP contribution in [0.5, 0.6) is 0 Å². The fourth-order valence-electron chi connectivity index (χ4n) is 1.43. The van der Waals surface area contributed by atoms with Crippen LogP contribution in [0, 0.1) is 15.9 Å². The summed E-state index contributed by atoms with van der Waals surface area (Å²) in [4.78, 5) is 20.7. The number of nitro benzene ring substituents is 1. The molecule has 1 heterocycles. The van der Waals surface area contributed by atoms with Crippen LogP contribution in [0.3, 0.4) is 0 Å². The lowest BCUT2D eigenvalue weighted by Crippen LogP contribution is -2.04. The molecule has 0 amide bonds. The maximum atomic E-state index is 13.2. The van der Waals surface area contributed by atoms with Crippen molar-refractivity contribution in [2.75, 3.05) is 0 Å². The maximum absolute atomic E-state index is 13.2. The molecule has 9 heteroatoms. The van der Waals surface area contributed by atoms with Crippen molar-refractivity contribution in [2.24, 2.45) is 0 Å². The molecule has 1 N–H and O–H groups in total. The van der Waals surface area contributed by atoms with E-state index in [0.717, 1.165) is 16.8 Å². The van der Waals surface area contributed by atoms with Crippen molar-refractivity contribution in [3.63, 3.8) is 0 Å². The lowest BCUT2D eigenvalue weighted by atomic mass is 10.2. The fourth-order valence-corrected chi connectivity index (χ4v) is 1.59. The number of carbonyl (C=O) groups is 1. The van der Waals surface area contributed by atoms with E-state index in [1.807, 2.05) is 0 Å². The van der Waals surface area contributed by atoms with Gasteiger partial charge < -0.3 is 5.11 Å². The van der Waals surface area contributed by atoms with Crippen molar-refractivity contribution in [3.05, 3.63) is 51.0 Å². The number of hydrogen-bond acceptors (Lipinski definition) is 4. The van der Waals surface area contributed by atoms with E-state index in [0.29, 0.717) is 6.07 Å². The van der Waals surface area contributed by atoms with Gasteiger partial charge in [0.25, 0.3) is 5.69 Å². The number of nitrogens with zero attached hydrogens (tertiary/aromatic N) is 3. The second-order valence-electron chi connectivity index (χ2n) is 3.46. The van der Waals surface area contributed by atoms with Crippen LogP contribution in [0.15, 0.2) is 24.4 Å². The van der Waals surface area contributed by atoms with Crippen molar-refractivity contribution in [3.8, 4) is 5.69 Å². The molecule has 0 radical (unpaired) electrons. The first-order valence-corrected chi connectivity index (χ1v) is 5.20. The van der Waals surface area contributed by atoms with Crippen LogP contribution in [0.1, 0.15) is 10.5 Å². The summed E-state index contributed by atoms with van der Waals surface area (Å²) in [6.07, 6.45) is 1.21. The van der Waals surface area contributed by atoms with E-state index in [2.05, 4.69) is 5.10 Å². The molecular formula is C10H5ClFN3O4. The van der Waals surface area contributed by atoms with Crippen molar-refractivity contribution >= 4 is 23.3 Å². The Balaban J connectivity index is 2.62. The number of halogens is 2. The molecule has 0 saturated heterocycles. The Bertz CT molecular complexity index is 685. The number of nitro groups is 1. The molecule has 0 aliphatic rings. The molecule has 7 nitrogen and oxygen atoms in total. The smallest absolute Gasteiger partial charge is 0.356 e. The number of rotatable bonds is 3. The Kier molecular flexibility index (Phi) is 3.17. The largest absolute Gasteiger partial charge is 0.476 e. The van der Waals surface area contributed by atoms with E-state index in [-0.39, 0.29) is 16.4 Å². The molecule has 1 aromatic heterocycles. The number of benzene rings is 1. The first-order valence-electron chi connectivity index (χ1n) is 4.83. The summed E-state index contributed by atoms with van der Waals surface area (Å²) < 4.78 is 14.2. The van der Waals surface area contributed by atoms with Gasteiger partial charge in [0.1, 0.15) is 11.5 Å². The highest BCUT2D eigenvalue weighted by atomic mass is 35.5. The second kappa shape index (κ2) is 4.65. The molecule has 2 rings (SSSR count). The summed E-state index contributed by atoms with van der Waals surface area (Å²) >= 11 is 5.55.